The molecule has 2 aromatic carbocycles. The van der Waals surface area contributed by atoms with Gasteiger partial charge in [0.15, 0.2) is 11.0 Å². The molecule has 1 aromatic heterocycles. The van der Waals surface area contributed by atoms with E-state index >= 15 is 0 Å². The molecule has 0 aliphatic heterocycles. The molecule has 35 heavy (non-hydrogen) atoms. The molecule has 2 amide bonds. The summed E-state index contributed by atoms with van der Waals surface area (Å²) in [7, 11) is 0. The summed E-state index contributed by atoms with van der Waals surface area (Å²) < 4.78 is 2.85. The first-order valence-electron chi connectivity index (χ1n) is 11.0. The van der Waals surface area contributed by atoms with Crippen molar-refractivity contribution in [2.75, 3.05) is 11.1 Å². The molecule has 0 fully saturated rings. The Morgan fingerprint density at radius 2 is 1.97 bits per heavy atom. The largest absolute Gasteiger partial charge is 0.342 e. The van der Waals surface area contributed by atoms with Gasteiger partial charge in [0.25, 0.3) is 5.91 Å². The highest BCUT2D eigenvalue weighted by Gasteiger charge is 2.27. The van der Waals surface area contributed by atoms with Gasteiger partial charge in [-0.2, -0.15) is 0 Å². The minimum Gasteiger partial charge on any atom is -0.342 e. The summed E-state index contributed by atoms with van der Waals surface area (Å²) in [6, 6.07) is 12.1. The number of aryl methyl sites for hydroxylation is 1. The molecular formula is C25H27BrClN5O2S. The number of benzene rings is 2. The minimum absolute atomic E-state index is 0.0241. The fourth-order valence-electron chi connectivity index (χ4n) is 3.38. The van der Waals surface area contributed by atoms with Gasteiger partial charge in [0.1, 0.15) is 0 Å². The number of nitrogens with zero attached hydrogens (tertiary/aromatic N) is 3. The minimum atomic E-state index is -0.417. The van der Waals surface area contributed by atoms with Crippen molar-refractivity contribution >= 4 is 56.8 Å². The summed E-state index contributed by atoms with van der Waals surface area (Å²) in [6.45, 7) is 10.2. The van der Waals surface area contributed by atoms with Gasteiger partial charge in [-0.05, 0) is 48.7 Å². The van der Waals surface area contributed by atoms with Crippen LogP contribution in [0.25, 0.3) is 0 Å². The van der Waals surface area contributed by atoms with Crippen molar-refractivity contribution in [2.24, 2.45) is 5.92 Å². The first-order chi connectivity index (χ1) is 16.7. The van der Waals surface area contributed by atoms with Gasteiger partial charge < -0.3 is 15.2 Å². The molecule has 3 aromatic rings. The highest BCUT2D eigenvalue weighted by Crippen LogP contribution is 2.27. The number of amides is 2. The van der Waals surface area contributed by atoms with Crippen molar-refractivity contribution in [1.82, 2.24) is 20.1 Å². The number of thioether (sulfide) groups is 1. The van der Waals surface area contributed by atoms with Crippen molar-refractivity contribution in [3.63, 3.8) is 0 Å². The van der Waals surface area contributed by atoms with Crippen molar-refractivity contribution in [3.8, 4) is 0 Å². The lowest BCUT2D eigenvalue weighted by molar-refractivity contribution is -0.113. The van der Waals surface area contributed by atoms with E-state index in [4.69, 9.17) is 11.6 Å². The number of allylic oxidation sites excluding steroid dienone is 1. The summed E-state index contributed by atoms with van der Waals surface area (Å²) in [6.07, 6.45) is 1.73. The summed E-state index contributed by atoms with van der Waals surface area (Å²) in [4.78, 5) is 25.5. The molecule has 2 N–H and O–H groups in total. The molecule has 7 nitrogen and oxygen atoms in total. The fraction of sp³-hybridized carbons (Fsp3) is 0.280. The fourth-order valence-corrected chi connectivity index (χ4v) is 4.60. The number of nitrogens with one attached hydrogen (secondary N) is 2. The standard InChI is InChI=1S/C25H27BrClN5O2S/c1-5-12-32-23(22(15(2)3)29-24(34)18-8-6-7-9-20(18)27)30-31-25(32)35-14-21(33)28-17-10-11-19(26)16(4)13-17/h5-11,13,15,22H,1,12,14H2,2-4H3,(H,28,33)(H,29,34)/t22-/m1/s1. The van der Waals surface area contributed by atoms with Crippen LogP contribution >= 0.6 is 39.3 Å². The molecule has 184 valence electrons. The summed E-state index contributed by atoms with van der Waals surface area (Å²) >= 11 is 10.9. The Balaban J connectivity index is 1.76. The van der Waals surface area contributed by atoms with Crippen LogP contribution in [0.2, 0.25) is 5.02 Å². The zero-order valence-corrected chi connectivity index (χ0v) is 22.9. The Hall–Kier alpha value is -2.62. The number of aromatic nitrogens is 3. The van der Waals surface area contributed by atoms with Gasteiger partial charge in [-0.3, -0.25) is 9.59 Å². The summed E-state index contributed by atoms with van der Waals surface area (Å²) in [5, 5.41) is 15.6. The van der Waals surface area contributed by atoms with Crippen LogP contribution in [0.5, 0.6) is 0 Å². The maximum Gasteiger partial charge on any atom is 0.253 e. The lowest BCUT2D eigenvalue weighted by atomic mass is 10.0. The summed E-state index contributed by atoms with van der Waals surface area (Å²) in [5.74, 6) is 0.324. The van der Waals surface area contributed by atoms with Gasteiger partial charge in [0.2, 0.25) is 5.91 Å². The second-order valence-corrected chi connectivity index (χ2v) is 10.4. The maximum atomic E-state index is 12.9. The number of rotatable bonds is 10. The molecule has 0 saturated carbocycles. The third-order valence-corrected chi connectivity index (χ3v) is 7.37. The van der Waals surface area contributed by atoms with E-state index in [0.717, 1.165) is 15.7 Å². The second-order valence-electron chi connectivity index (χ2n) is 8.22. The van der Waals surface area contributed by atoms with Crippen LogP contribution in [0.1, 0.15) is 41.6 Å². The van der Waals surface area contributed by atoms with E-state index in [-0.39, 0.29) is 23.5 Å². The Labute approximate surface area is 222 Å². The number of halogens is 2. The molecule has 1 atom stereocenters. The number of carbonyl (C=O) groups is 2. The van der Waals surface area contributed by atoms with Crippen molar-refractivity contribution in [1.29, 1.82) is 0 Å². The molecular weight excluding hydrogens is 550 g/mol. The first-order valence-corrected chi connectivity index (χ1v) is 13.1. The first kappa shape index (κ1) is 27.0. The van der Waals surface area contributed by atoms with Gasteiger partial charge in [-0.1, -0.05) is 71.3 Å². The quantitative estimate of drug-likeness (QED) is 0.227. The molecule has 1 heterocycles. The predicted octanol–water partition coefficient (Wildman–Crippen LogP) is 6.05. The average molecular weight is 577 g/mol. The third kappa shape index (κ3) is 6.96. The lowest BCUT2D eigenvalue weighted by Gasteiger charge is -2.23. The zero-order chi connectivity index (χ0) is 25.5. The topological polar surface area (TPSA) is 88.9 Å². The molecule has 0 unspecified atom stereocenters. The maximum absolute atomic E-state index is 12.9. The second kappa shape index (κ2) is 12.4. The SMILES string of the molecule is C=CCn1c(SCC(=O)Nc2ccc(Br)c(C)c2)nnc1[C@H](NC(=O)c1ccccc1Cl)C(C)C. The van der Waals surface area contributed by atoms with E-state index < -0.39 is 6.04 Å². The Kier molecular flexibility index (Phi) is 9.54. The number of hydrogen-bond donors (Lipinski definition) is 2. The van der Waals surface area contributed by atoms with Gasteiger partial charge in [0.05, 0.1) is 22.4 Å². The number of carbonyl (C=O) groups excluding carboxylic acids is 2. The van der Waals surface area contributed by atoms with Crippen LogP contribution in [-0.2, 0) is 11.3 Å². The molecule has 10 heteroatoms. The van der Waals surface area contributed by atoms with Gasteiger partial charge in [-0.25, -0.2) is 0 Å². The van der Waals surface area contributed by atoms with E-state index in [9.17, 15) is 9.59 Å². The smallest absolute Gasteiger partial charge is 0.253 e. The van der Waals surface area contributed by atoms with E-state index in [0.29, 0.717) is 28.1 Å². The van der Waals surface area contributed by atoms with Crippen molar-refractivity contribution in [2.45, 2.75) is 38.5 Å². The lowest BCUT2D eigenvalue weighted by Crippen LogP contribution is -2.34. The molecule has 0 saturated heterocycles. The van der Waals surface area contributed by atoms with E-state index in [1.165, 1.54) is 11.8 Å². The van der Waals surface area contributed by atoms with Crippen LogP contribution in [0.15, 0.2) is 64.7 Å². The van der Waals surface area contributed by atoms with Gasteiger partial charge >= 0.3 is 0 Å². The molecule has 0 aliphatic carbocycles. The van der Waals surface area contributed by atoms with Gasteiger partial charge in [-0.15, -0.1) is 16.8 Å². The molecule has 3 rings (SSSR count). The Bertz CT molecular complexity index is 1230. The zero-order valence-electron chi connectivity index (χ0n) is 19.7. The monoisotopic (exact) mass is 575 g/mol. The van der Waals surface area contributed by atoms with Crippen LogP contribution in [0, 0.1) is 12.8 Å². The number of hydrogen-bond acceptors (Lipinski definition) is 5. The summed E-state index contributed by atoms with van der Waals surface area (Å²) in [5.41, 5.74) is 2.15. The van der Waals surface area contributed by atoms with E-state index in [2.05, 4.69) is 43.3 Å². The van der Waals surface area contributed by atoms with E-state index in [1.54, 1.807) is 30.3 Å². The van der Waals surface area contributed by atoms with Gasteiger partial charge in [0, 0.05) is 16.7 Å². The Morgan fingerprint density at radius 1 is 1.23 bits per heavy atom. The van der Waals surface area contributed by atoms with Crippen molar-refractivity contribution in [3.05, 3.63) is 81.6 Å². The van der Waals surface area contributed by atoms with Crippen LogP contribution in [0.4, 0.5) is 5.69 Å². The van der Waals surface area contributed by atoms with Crippen LogP contribution < -0.4 is 10.6 Å². The van der Waals surface area contributed by atoms with Crippen LogP contribution in [-0.4, -0.2) is 32.3 Å². The van der Waals surface area contributed by atoms with E-state index in [1.807, 2.05) is 43.5 Å². The number of anilines is 1. The van der Waals surface area contributed by atoms with Crippen LogP contribution in [0.3, 0.4) is 0 Å². The molecule has 0 bridgehead atoms. The molecule has 0 aliphatic rings. The van der Waals surface area contributed by atoms with Crippen molar-refractivity contribution < 1.29 is 9.59 Å². The Morgan fingerprint density at radius 3 is 2.63 bits per heavy atom. The predicted molar refractivity (Wildman–Crippen MR) is 145 cm³/mol. The normalized spacial score (nSPS) is 11.8. The molecule has 0 radical (unpaired) electrons. The third-order valence-electron chi connectivity index (χ3n) is 5.18. The highest BCUT2D eigenvalue weighted by atomic mass is 79.9. The highest BCUT2D eigenvalue weighted by molar-refractivity contribution is 9.10. The molecule has 0 spiro atoms. The average Bonchev–Trinajstić information content (AvgIpc) is 3.21.